The predicted molar refractivity (Wildman–Crippen MR) is 85.6 cm³/mol. The number of aromatic nitrogens is 2. The van der Waals surface area contributed by atoms with Crippen LogP contribution in [0.3, 0.4) is 0 Å². The first-order valence-electron chi connectivity index (χ1n) is 6.53. The predicted octanol–water partition coefficient (Wildman–Crippen LogP) is 2.63. The second kappa shape index (κ2) is 8.29. The third-order valence-electron chi connectivity index (χ3n) is 2.63. The van der Waals surface area contributed by atoms with E-state index in [9.17, 15) is 5.11 Å². The monoisotopic (exact) mass is 349 g/mol. The molecule has 0 aliphatic heterocycles. The van der Waals surface area contributed by atoms with Gasteiger partial charge >= 0.3 is 0 Å². The highest BCUT2D eigenvalue weighted by molar-refractivity contribution is 9.10. The Kier molecular flexibility index (Phi) is 7.42. The van der Waals surface area contributed by atoms with Crippen molar-refractivity contribution in [2.24, 2.45) is 5.92 Å². The van der Waals surface area contributed by atoms with Crippen molar-refractivity contribution in [3.8, 4) is 0 Å². The molecule has 0 aliphatic carbocycles. The Morgan fingerprint density at radius 2 is 2.11 bits per heavy atom. The Morgan fingerprint density at radius 3 is 2.68 bits per heavy atom. The van der Waals surface area contributed by atoms with E-state index in [1.165, 1.54) is 0 Å². The Balaban J connectivity index is 2.61. The molecule has 0 radical (unpaired) electrons. The zero-order chi connectivity index (χ0) is 14.4. The molecule has 1 aromatic rings. The summed E-state index contributed by atoms with van der Waals surface area (Å²) >= 11 is 5.27. The third-order valence-corrected chi connectivity index (χ3v) is 4.70. The van der Waals surface area contributed by atoms with Crippen molar-refractivity contribution in [2.75, 3.05) is 32.1 Å². The molecule has 110 valence electrons. The van der Waals surface area contributed by atoms with Crippen molar-refractivity contribution in [1.29, 1.82) is 0 Å². The van der Waals surface area contributed by atoms with Gasteiger partial charge in [-0.15, -0.1) is 0 Å². The smallest absolute Gasteiger partial charge is 0.106 e. The molecule has 1 rings (SSSR count). The number of halogens is 1. The summed E-state index contributed by atoms with van der Waals surface area (Å²) in [5, 5.41) is 14.6. The minimum atomic E-state index is -0.470. The van der Waals surface area contributed by atoms with Crippen molar-refractivity contribution in [3.63, 3.8) is 0 Å². The number of aliphatic hydroxyl groups is 1. The average molecular weight is 350 g/mol. The fourth-order valence-electron chi connectivity index (χ4n) is 1.67. The molecule has 1 atom stereocenters. The van der Waals surface area contributed by atoms with Crippen LogP contribution >= 0.6 is 27.7 Å². The molecule has 1 unspecified atom stereocenters. The van der Waals surface area contributed by atoms with E-state index in [2.05, 4.69) is 39.8 Å². The van der Waals surface area contributed by atoms with Gasteiger partial charge in [-0.25, -0.2) is 0 Å². The van der Waals surface area contributed by atoms with Crippen LogP contribution in [0.25, 0.3) is 0 Å². The summed E-state index contributed by atoms with van der Waals surface area (Å²) in [6.45, 7) is 6.08. The summed E-state index contributed by atoms with van der Waals surface area (Å²) in [5.74, 6) is 2.43. The fraction of sp³-hybridized carbons (Fsp3) is 0.769. The number of nitrogens with zero attached hydrogens (tertiary/aromatic N) is 3. The molecule has 0 aliphatic rings. The first-order chi connectivity index (χ1) is 8.91. The lowest BCUT2D eigenvalue weighted by Crippen LogP contribution is -2.21. The standard InChI is InChI=1S/C13H24BrN3OS/c1-10(2)8-19-9-12(18)13-11(14)7-15-17(13)6-5-16(3)4/h7,10,12,18H,5-6,8-9H2,1-4H3. The van der Waals surface area contributed by atoms with Gasteiger partial charge in [0.15, 0.2) is 0 Å². The lowest BCUT2D eigenvalue weighted by molar-refractivity contribution is 0.189. The quantitative estimate of drug-likeness (QED) is 0.783. The Hall–Kier alpha value is -0.0400. The average Bonchev–Trinajstić information content (AvgIpc) is 2.67. The summed E-state index contributed by atoms with van der Waals surface area (Å²) in [6, 6.07) is 0. The Morgan fingerprint density at radius 1 is 1.42 bits per heavy atom. The van der Waals surface area contributed by atoms with Crippen molar-refractivity contribution in [1.82, 2.24) is 14.7 Å². The number of likely N-dealkylation sites (N-methyl/N-ethyl adjacent to an activating group) is 1. The minimum absolute atomic E-state index is 0.470. The van der Waals surface area contributed by atoms with Gasteiger partial charge in [-0.05, 0) is 41.7 Å². The lowest BCUT2D eigenvalue weighted by atomic mass is 10.3. The van der Waals surface area contributed by atoms with E-state index >= 15 is 0 Å². The van der Waals surface area contributed by atoms with Gasteiger partial charge in [0.05, 0.1) is 22.9 Å². The van der Waals surface area contributed by atoms with Crippen molar-refractivity contribution in [3.05, 3.63) is 16.4 Å². The molecule has 0 bridgehead atoms. The molecule has 0 aromatic carbocycles. The first kappa shape index (κ1) is 17.0. The molecule has 0 saturated carbocycles. The van der Waals surface area contributed by atoms with Crippen molar-refractivity contribution < 1.29 is 5.11 Å². The van der Waals surface area contributed by atoms with E-state index in [1.807, 2.05) is 18.8 Å². The van der Waals surface area contributed by atoms with Gasteiger partial charge in [-0.3, -0.25) is 4.68 Å². The zero-order valence-electron chi connectivity index (χ0n) is 12.1. The third kappa shape index (κ3) is 5.85. The largest absolute Gasteiger partial charge is 0.386 e. The molecule has 0 fully saturated rings. The maximum atomic E-state index is 10.3. The van der Waals surface area contributed by atoms with Crippen LogP contribution < -0.4 is 0 Å². The number of hydrogen-bond donors (Lipinski definition) is 1. The van der Waals surface area contributed by atoms with Crippen LogP contribution in [-0.4, -0.2) is 51.9 Å². The Bertz CT molecular complexity index is 382. The molecule has 1 heterocycles. The summed E-state index contributed by atoms with van der Waals surface area (Å²) in [6.07, 6.45) is 1.30. The highest BCUT2D eigenvalue weighted by atomic mass is 79.9. The van der Waals surface area contributed by atoms with Crippen LogP contribution in [0, 0.1) is 5.92 Å². The van der Waals surface area contributed by atoms with Gasteiger partial charge in [-0.1, -0.05) is 13.8 Å². The number of rotatable bonds is 8. The first-order valence-corrected chi connectivity index (χ1v) is 8.48. The second-order valence-electron chi connectivity index (χ2n) is 5.35. The van der Waals surface area contributed by atoms with Crippen LogP contribution in [0.15, 0.2) is 10.7 Å². The Labute approximate surface area is 128 Å². The molecule has 19 heavy (non-hydrogen) atoms. The molecular weight excluding hydrogens is 326 g/mol. The number of aliphatic hydroxyl groups excluding tert-OH is 1. The summed E-state index contributed by atoms with van der Waals surface area (Å²) in [4.78, 5) is 2.11. The summed E-state index contributed by atoms with van der Waals surface area (Å²) < 4.78 is 2.79. The molecule has 1 N–H and O–H groups in total. The van der Waals surface area contributed by atoms with Crippen LogP contribution in [0.5, 0.6) is 0 Å². The molecule has 4 nitrogen and oxygen atoms in total. The highest BCUT2D eigenvalue weighted by Crippen LogP contribution is 2.26. The van der Waals surface area contributed by atoms with Gasteiger partial charge in [0.25, 0.3) is 0 Å². The normalized spacial score (nSPS) is 13.5. The molecule has 0 saturated heterocycles. The zero-order valence-corrected chi connectivity index (χ0v) is 14.5. The maximum absolute atomic E-state index is 10.3. The lowest BCUT2D eigenvalue weighted by Gasteiger charge is -2.16. The molecule has 0 spiro atoms. The van der Waals surface area contributed by atoms with E-state index in [-0.39, 0.29) is 0 Å². The van der Waals surface area contributed by atoms with E-state index in [4.69, 9.17) is 0 Å². The SMILES string of the molecule is CC(C)CSCC(O)c1c(Br)cnn1CCN(C)C. The summed E-state index contributed by atoms with van der Waals surface area (Å²) in [7, 11) is 4.07. The number of hydrogen-bond acceptors (Lipinski definition) is 4. The van der Waals surface area contributed by atoms with Crippen LogP contribution in [0.1, 0.15) is 25.6 Å². The van der Waals surface area contributed by atoms with Gasteiger partial charge in [0, 0.05) is 12.3 Å². The molecular formula is C13H24BrN3OS. The second-order valence-corrected chi connectivity index (χ2v) is 7.28. The van der Waals surface area contributed by atoms with Crippen molar-refractivity contribution >= 4 is 27.7 Å². The van der Waals surface area contributed by atoms with E-state index in [0.29, 0.717) is 11.7 Å². The van der Waals surface area contributed by atoms with E-state index in [1.54, 1.807) is 18.0 Å². The van der Waals surface area contributed by atoms with Gasteiger partial charge in [-0.2, -0.15) is 16.9 Å². The van der Waals surface area contributed by atoms with Crippen LogP contribution in [-0.2, 0) is 6.54 Å². The highest BCUT2D eigenvalue weighted by Gasteiger charge is 2.18. The number of thioether (sulfide) groups is 1. The van der Waals surface area contributed by atoms with E-state index in [0.717, 1.165) is 29.0 Å². The van der Waals surface area contributed by atoms with E-state index < -0.39 is 6.10 Å². The van der Waals surface area contributed by atoms with Crippen LogP contribution in [0.4, 0.5) is 0 Å². The van der Waals surface area contributed by atoms with Crippen LogP contribution in [0.2, 0.25) is 0 Å². The molecule has 0 amide bonds. The molecule has 1 aromatic heterocycles. The van der Waals surface area contributed by atoms with Crippen molar-refractivity contribution in [2.45, 2.75) is 26.5 Å². The fourth-order valence-corrected chi connectivity index (χ4v) is 3.22. The maximum Gasteiger partial charge on any atom is 0.106 e. The van der Waals surface area contributed by atoms with Gasteiger partial charge in [0.1, 0.15) is 6.10 Å². The molecule has 6 heteroatoms. The van der Waals surface area contributed by atoms with Gasteiger partial charge < -0.3 is 10.0 Å². The topological polar surface area (TPSA) is 41.3 Å². The minimum Gasteiger partial charge on any atom is -0.386 e. The van der Waals surface area contributed by atoms with Gasteiger partial charge in [0.2, 0.25) is 0 Å². The summed E-state index contributed by atoms with van der Waals surface area (Å²) in [5.41, 5.74) is 0.887.